The molecule has 0 radical (unpaired) electrons. The third kappa shape index (κ3) is 4.05. The van der Waals surface area contributed by atoms with Crippen molar-refractivity contribution in [3.63, 3.8) is 0 Å². The van der Waals surface area contributed by atoms with E-state index in [2.05, 4.69) is 15.5 Å². The molecule has 0 saturated carbocycles. The van der Waals surface area contributed by atoms with Gasteiger partial charge < -0.3 is 9.64 Å². The van der Waals surface area contributed by atoms with E-state index in [1.807, 2.05) is 29.2 Å². The highest BCUT2D eigenvalue weighted by Gasteiger charge is 2.18. The Balaban J connectivity index is 1.66. The molecule has 1 aromatic carbocycles. The number of benzene rings is 1. The molecule has 0 bridgehead atoms. The van der Waals surface area contributed by atoms with Gasteiger partial charge >= 0.3 is 0 Å². The van der Waals surface area contributed by atoms with Crippen molar-refractivity contribution < 1.29 is 9.53 Å². The smallest absolute Gasteiger partial charge is 0.233 e. The highest BCUT2D eigenvalue weighted by atomic mass is 32.2. The Morgan fingerprint density at radius 2 is 2.04 bits per heavy atom. The summed E-state index contributed by atoms with van der Waals surface area (Å²) in [7, 11) is 1.62. The van der Waals surface area contributed by atoms with Crippen molar-refractivity contribution in [3.8, 4) is 11.4 Å². The fourth-order valence-electron chi connectivity index (χ4n) is 2.71. The van der Waals surface area contributed by atoms with E-state index >= 15 is 0 Å². The number of ether oxygens (including phenoxy) is 1. The predicted octanol–water partition coefficient (Wildman–Crippen LogP) is 2.17. The van der Waals surface area contributed by atoms with E-state index in [-0.39, 0.29) is 5.91 Å². The molecule has 24 heavy (non-hydrogen) atoms. The Morgan fingerprint density at radius 3 is 2.79 bits per heavy atom. The first-order chi connectivity index (χ1) is 11.8. The number of tetrazole rings is 1. The minimum absolute atomic E-state index is 0.155. The molecule has 1 aliphatic rings. The van der Waals surface area contributed by atoms with Gasteiger partial charge in [0.2, 0.25) is 11.1 Å². The van der Waals surface area contributed by atoms with Crippen molar-refractivity contribution in [1.82, 2.24) is 25.1 Å². The van der Waals surface area contributed by atoms with Gasteiger partial charge in [-0.25, -0.2) is 0 Å². The number of carbonyl (C=O) groups excluding carboxylic acids is 1. The van der Waals surface area contributed by atoms with Gasteiger partial charge in [-0.15, -0.1) is 5.10 Å². The number of thioether (sulfide) groups is 1. The maximum absolute atomic E-state index is 12.4. The van der Waals surface area contributed by atoms with Gasteiger partial charge in [-0.3, -0.25) is 4.79 Å². The average Bonchev–Trinajstić information content (AvgIpc) is 2.92. The summed E-state index contributed by atoms with van der Waals surface area (Å²) in [5.41, 5.74) is 0.809. The van der Waals surface area contributed by atoms with Crippen LogP contribution in [0.2, 0.25) is 0 Å². The summed E-state index contributed by atoms with van der Waals surface area (Å²) in [6.07, 6.45) is 4.62. The quantitative estimate of drug-likeness (QED) is 0.772. The van der Waals surface area contributed by atoms with Gasteiger partial charge in [-0.05, 0) is 35.4 Å². The van der Waals surface area contributed by atoms with Crippen LogP contribution in [0.4, 0.5) is 0 Å². The molecule has 0 unspecified atom stereocenters. The molecule has 0 N–H and O–H groups in total. The van der Waals surface area contributed by atoms with E-state index < -0.39 is 0 Å². The Hall–Kier alpha value is -2.09. The normalized spacial score (nSPS) is 15.1. The molecule has 2 heterocycles. The van der Waals surface area contributed by atoms with Gasteiger partial charge in [0.15, 0.2) is 0 Å². The maximum Gasteiger partial charge on any atom is 0.233 e. The van der Waals surface area contributed by atoms with Crippen LogP contribution in [0.15, 0.2) is 29.4 Å². The summed E-state index contributed by atoms with van der Waals surface area (Å²) in [4.78, 5) is 14.4. The summed E-state index contributed by atoms with van der Waals surface area (Å²) in [5, 5.41) is 12.4. The molecular formula is C16H21N5O2S. The van der Waals surface area contributed by atoms with Gasteiger partial charge in [-0.1, -0.05) is 30.7 Å². The Labute approximate surface area is 145 Å². The van der Waals surface area contributed by atoms with Crippen molar-refractivity contribution in [2.24, 2.45) is 0 Å². The van der Waals surface area contributed by atoms with Gasteiger partial charge in [-0.2, -0.15) is 4.68 Å². The van der Waals surface area contributed by atoms with Crippen LogP contribution in [0.3, 0.4) is 0 Å². The first-order valence-electron chi connectivity index (χ1n) is 8.11. The number of hydrogen-bond acceptors (Lipinski definition) is 6. The average molecular weight is 347 g/mol. The second-order valence-corrected chi connectivity index (χ2v) is 6.60. The highest BCUT2D eigenvalue weighted by molar-refractivity contribution is 7.99. The lowest BCUT2D eigenvalue weighted by Gasteiger charge is -2.19. The number of nitrogens with zero attached hydrogens (tertiary/aromatic N) is 5. The topological polar surface area (TPSA) is 73.1 Å². The van der Waals surface area contributed by atoms with E-state index in [1.165, 1.54) is 24.6 Å². The molecule has 0 atom stereocenters. The zero-order chi connectivity index (χ0) is 16.8. The Morgan fingerprint density at radius 1 is 1.25 bits per heavy atom. The van der Waals surface area contributed by atoms with Crippen molar-refractivity contribution in [1.29, 1.82) is 0 Å². The lowest BCUT2D eigenvalue weighted by Crippen LogP contribution is -2.33. The largest absolute Gasteiger partial charge is 0.497 e. The van der Waals surface area contributed by atoms with Crippen LogP contribution in [0.25, 0.3) is 5.69 Å². The summed E-state index contributed by atoms with van der Waals surface area (Å²) in [5.74, 6) is 1.24. The van der Waals surface area contributed by atoms with E-state index in [0.29, 0.717) is 10.9 Å². The molecule has 1 fully saturated rings. The third-order valence-electron chi connectivity index (χ3n) is 4.02. The highest BCUT2D eigenvalue weighted by Crippen LogP contribution is 2.22. The van der Waals surface area contributed by atoms with Gasteiger partial charge in [0.05, 0.1) is 18.6 Å². The van der Waals surface area contributed by atoms with E-state index in [1.54, 1.807) is 11.8 Å². The van der Waals surface area contributed by atoms with Crippen LogP contribution in [-0.4, -0.2) is 57.0 Å². The predicted molar refractivity (Wildman–Crippen MR) is 91.5 cm³/mol. The molecule has 1 aromatic heterocycles. The van der Waals surface area contributed by atoms with Crippen LogP contribution in [-0.2, 0) is 4.79 Å². The lowest BCUT2D eigenvalue weighted by atomic mass is 10.2. The van der Waals surface area contributed by atoms with Gasteiger partial charge in [0.25, 0.3) is 0 Å². The SMILES string of the molecule is COc1cccc(-n2nnnc2SCC(=O)N2CCCCCC2)c1. The standard InChI is InChI=1S/C16H21N5O2S/c1-23-14-8-6-7-13(11-14)21-16(17-18-19-21)24-12-15(22)20-9-4-2-3-5-10-20/h6-8,11H,2-5,9-10,12H2,1H3. The van der Waals surface area contributed by atoms with Crippen molar-refractivity contribution >= 4 is 17.7 Å². The number of carbonyl (C=O) groups is 1. The summed E-state index contributed by atoms with van der Waals surface area (Å²) < 4.78 is 6.86. The second kappa shape index (κ2) is 8.14. The Bertz CT molecular complexity index is 683. The fourth-order valence-corrected chi connectivity index (χ4v) is 3.50. The monoisotopic (exact) mass is 347 g/mol. The molecule has 1 saturated heterocycles. The van der Waals surface area contributed by atoms with Crippen LogP contribution in [0.5, 0.6) is 5.75 Å². The second-order valence-electron chi connectivity index (χ2n) is 5.66. The zero-order valence-electron chi connectivity index (χ0n) is 13.7. The number of hydrogen-bond donors (Lipinski definition) is 0. The number of methoxy groups -OCH3 is 1. The number of aromatic nitrogens is 4. The number of likely N-dealkylation sites (tertiary alicyclic amines) is 1. The van der Waals surface area contributed by atoms with Gasteiger partial charge in [0, 0.05) is 19.2 Å². The molecule has 0 aliphatic carbocycles. The summed E-state index contributed by atoms with van der Waals surface area (Å²) in [6, 6.07) is 7.51. The van der Waals surface area contributed by atoms with Crippen LogP contribution >= 0.6 is 11.8 Å². The molecule has 2 aromatic rings. The molecular weight excluding hydrogens is 326 g/mol. The Kier molecular flexibility index (Phi) is 5.68. The van der Waals surface area contributed by atoms with E-state index in [9.17, 15) is 4.79 Å². The summed E-state index contributed by atoms with van der Waals surface area (Å²) >= 11 is 1.37. The fraction of sp³-hybridized carbons (Fsp3) is 0.500. The molecule has 1 aliphatic heterocycles. The first kappa shape index (κ1) is 16.8. The third-order valence-corrected chi connectivity index (χ3v) is 4.93. The minimum Gasteiger partial charge on any atom is -0.497 e. The molecule has 0 spiro atoms. The molecule has 7 nitrogen and oxygen atoms in total. The first-order valence-corrected chi connectivity index (χ1v) is 9.10. The number of rotatable bonds is 5. The van der Waals surface area contributed by atoms with Crippen molar-refractivity contribution in [3.05, 3.63) is 24.3 Å². The number of amides is 1. The van der Waals surface area contributed by atoms with Crippen molar-refractivity contribution in [2.75, 3.05) is 26.0 Å². The lowest BCUT2D eigenvalue weighted by molar-refractivity contribution is -0.128. The van der Waals surface area contributed by atoms with Gasteiger partial charge in [0.1, 0.15) is 5.75 Å². The van der Waals surface area contributed by atoms with Crippen LogP contribution < -0.4 is 4.74 Å². The van der Waals surface area contributed by atoms with Crippen molar-refractivity contribution in [2.45, 2.75) is 30.8 Å². The summed E-state index contributed by atoms with van der Waals surface area (Å²) in [6.45, 7) is 1.72. The van der Waals surface area contributed by atoms with Crippen LogP contribution in [0, 0.1) is 0 Å². The van der Waals surface area contributed by atoms with E-state index in [0.717, 1.165) is 37.4 Å². The molecule has 128 valence electrons. The maximum atomic E-state index is 12.4. The molecule has 1 amide bonds. The van der Waals surface area contributed by atoms with E-state index in [4.69, 9.17) is 4.74 Å². The minimum atomic E-state index is 0.155. The zero-order valence-corrected chi connectivity index (χ0v) is 14.5. The molecule has 8 heteroatoms. The van der Waals surface area contributed by atoms with Crippen LogP contribution in [0.1, 0.15) is 25.7 Å². The molecule has 3 rings (SSSR count).